The molecule has 18 heavy (non-hydrogen) atoms. The second-order valence-electron chi connectivity index (χ2n) is 3.33. The fourth-order valence-electron chi connectivity index (χ4n) is 1.35. The van der Waals surface area contributed by atoms with Crippen molar-refractivity contribution in [1.82, 2.24) is 15.0 Å². The van der Waals surface area contributed by atoms with Gasteiger partial charge in [0.15, 0.2) is 0 Å². The fourth-order valence-corrected chi connectivity index (χ4v) is 1.35. The van der Waals surface area contributed by atoms with Gasteiger partial charge in [-0.3, -0.25) is 4.68 Å². The van der Waals surface area contributed by atoms with E-state index >= 15 is 0 Å². The van der Waals surface area contributed by atoms with E-state index in [0.717, 1.165) is 11.8 Å². The molecular weight excluding hydrogens is 233 g/mol. The largest absolute Gasteiger partial charge is 0.303 e. The third-order valence-corrected chi connectivity index (χ3v) is 2.15. The van der Waals surface area contributed by atoms with Crippen LogP contribution < -0.4 is 0 Å². The van der Waals surface area contributed by atoms with Crippen LogP contribution in [0.2, 0.25) is 0 Å². The molecule has 0 saturated heterocycles. The molecule has 5 heteroatoms. The lowest BCUT2D eigenvalue weighted by Crippen LogP contribution is -1.98. The minimum Gasteiger partial charge on any atom is -0.303 e. The van der Waals surface area contributed by atoms with Crippen LogP contribution in [0.5, 0.6) is 0 Å². The van der Waals surface area contributed by atoms with Crippen molar-refractivity contribution in [2.75, 3.05) is 0 Å². The van der Waals surface area contributed by atoms with Gasteiger partial charge in [0, 0.05) is 18.5 Å². The summed E-state index contributed by atoms with van der Waals surface area (Å²) in [6.07, 6.45) is 2.97. The van der Waals surface area contributed by atoms with Gasteiger partial charge in [0.25, 0.3) is 0 Å². The molecule has 2 rings (SSSR count). The summed E-state index contributed by atoms with van der Waals surface area (Å²) < 4.78 is 14.3. The normalized spacial score (nSPS) is 9.50. The van der Waals surface area contributed by atoms with Crippen LogP contribution >= 0.6 is 0 Å². The second-order valence-corrected chi connectivity index (χ2v) is 3.33. The van der Waals surface area contributed by atoms with Gasteiger partial charge in [0.2, 0.25) is 0 Å². The molecule has 96 valence electrons. The summed E-state index contributed by atoms with van der Waals surface area (Å²) in [4.78, 5) is 10.2. The van der Waals surface area contributed by atoms with Gasteiger partial charge in [0.05, 0.1) is 6.20 Å². The Bertz CT molecular complexity index is 479. The molecule has 0 spiro atoms. The van der Waals surface area contributed by atoms with Gasteiger partial charge in [-0.15, -0.1) is 5.10 Å². The van der Waals surface area contributed by atoms with E-state index in [4.69, 9.17) is 0 Å². The van der Waals surface area contributed by atoms with Crippen LogP contribution in [0, 0.1) is 5.82 Å². The highest BCUT2D eigenvalue weighted by atomic mass is 19.1. The van der Waals surface area contributed by atoms with Crippen molar-refractivity contribution in [3.63, 3.8) is 0 Å². The molecule has 0 atom stereocenters. The lowest BCUT2D eigenvalue weighted by molar-refractivity contribution is -0.108. The predicted octanol–water partition coefficient (Wildman–Crippen LogP) is 2.70. The Labute approximate surface area is 105 Å². The maximum Gasteiger partial charge on any atom is 0.123 e. The van der Waals surface area contributed by atoms with Crippen LogP contribution in [0.1, 0.15) is 20.3 Å². The van der Waals surface area contributed by atoms with E-state index in [-0.39, 0.29) is 5.82 Å². The zero-order valence-corrected chi connectivity index (χ0v) is 10.5. The number of halogens is 1. The molecule has 0 aliphatic heterocycles. The Balaban J connectivity index is 0.000000771. The van der Waals surface area contributed by atoms with Crippen LogP contribution in [0.25, 0.3) is 11.3 Å². The van der Waals surface area contributed by atoms with Gasteiger partial charge >= 0.3 is 0 Å². The average Bonchev–Trinajstić information content (AvgIpc) is 2.88. The van der Waals surface area contributed by atoms with Crippen molar-refractivity contribution in [1.29, 1.82) is 0 Å². The fraction of sp³-hybridized carbons (Fsp3) is 0.308. The third kappa shape index (κ3) is 3.76. The SMILES string of the molecule is CC.O=CCCn1cc(-c2ccc(F)cc2)nn1. The molecule has 0 amide bonds. The average molecular weight is 249 g/mol. The number of benzene rings is 1. The number of nitrogens with zero attached hydrogens (tertiary/aromatic N) is 3. The molecule has 1 aromatic carbocycles. The smallest absolute Gasteiger partial charge is 0.123 e. The third-order valence-electron chi connectivity index (χ3n) is 2.15. The van der Waals surface area contributed by atoms with E-state index in [1.165, 1.54) is 12.1 Å². The quantitative estimate of drug-likeness (QED) is 0.783. The number of aryl methyl sites for hydroxylation is 1. The van der Waals surface area contributed by atoms with E-state index in [9.17, 15) is 9.18 Å². The highest BCUT2D eigenvalue weighted by Gasteiger charge is 2.03. The second kappa shape index (κ2) is 7.32. The Morgan fingerprint density at radius 3 is 2.56 bits per heavy atom. The van der Waals surface area contributed by atoms with Crippen LogP contribution in [0.3, 0.4) is 0 Å². The monoisotopic (exact) mass is 249 g/mol. The summed E-state index contributed by atoms with van der Waals surface area (Å²) in [6, 6.07) is 6.03. The summed E-state index contributed by atoms with van der Waals surface area (Å²) in [6.45, 7) is 4.51. The van der Waals surface area contributed by atoms with E-state index in [1.807, 2.05) is 13.8 Å². The van der Waals surface area contributed by atoms with Crippen LogP contribution in [0.4, 0.5) is 4.39 Å². The highest BCUT2D eigenvalue weighted by molar-refractivity contribution is 5.57. The van der Waals surface area contributed by atoms with Crippen molar-refractivity contribution in [3.8, 4) is 11.3 Å². The lowest BCUT2D eigenvalue weighted by Gasteiger charge is -1.94. The van der Waals surface area contributed by atoms with Gasteiger partial charge in [-0.2, -0.15) is 0 Å². The first-order valence-electron chi connectivity index (χ1n) is 5.89. The zero-order chi connectivity index (χ0) is 13.4. The summed E-state index contributed by atoms with van der Waals surface area (Å²) >= 11 is 0. The number of carbonyl (C=O) groups excluding carboxylic acids is 1. The summed E-state index contributed by atoms with van der Waals surface area (Å²) in [5, 5.41) is 7.81. The molecule has 0 fully saturated rings. The molecule has 4 nitrogen and oxygen atoms in total. The molecule has 1 aromatic heterocycles. The maximum atomic E-state index is 12.7. The van der Waals surface area contributed by atoms with Crippen LogP contribution in [-0.4, -0.2) is 21.3 Å². The van der Waals surface area contributed by atoms with E-state index in [2.05, 4.69) is 10.3 Å². The zero-order valence-electron chi connectivity index (χ0n) is 10.5. The first kappa shape index (κ1) is 14.0. The number of aromatic nitrogens is 3. The van der Waals surface area contributed by atoms with Crippen molar-refractivity contribution < 1.29 is 9.18 Å². The molecule has 0 saturated carbocycles. The van der Waals surface area contributed by atoms with Crippen LogP contribution in [-0.2, 0) is 11.3 Å². The number of aldehydes is 1. The minimum absolute atomic E-state index is 0.280. The summed E-state index contributed by atoms with van der Waals surface area (Å²) in [7, 11) is 0. The summed E-state index contributed by atoms with van der Waals surface area (Å²) in [5.41, 5.74) is 1.48. The highest BCUT2D eigenvalue weighted by Crippen LogP contribution is 2.16. The minimum atomic E-state index is -0.280. The van der Waals surface area contributed by atoms with Crippen molar-refractivity contribution >= 4 is 6.29 Å². The Kier molecular flexibility index (Phi) is 5.70. The van der Waals surface area contributed by atoms with Gasteiger partial charge in [-0.25, -0.2) is 4.39 Å². The van der Waals surface area contributed by atoms with E-state index in [1.54, 1.807) is 23.0 Å². The van der Waals surface area contributed by atoms with Gasteiger partial charge in [-0.1, -0.05) is 19.1 Å². The molecule has 0 bridgehead atoms. The standard InChI is InChI=1S/C11H10FN3O.C2H6/c12-10-4-2-9(3-5-10)11-8-15(14-13-11)6-1-7-16;1-2/h2-5,7-8H,1,6H2;1-2H3. The molecule has 0 aliphatic rings. The molecule has 1 heterocycles. The number of hydrogen-bond acceptors (Lipinski definition) is 3. The van der Waals surface area contributed by atoms with Gasteiger partial charge in [-0.05, 0) is 24.3 Å². The molecule has 0 aliphatic carbocycles. The maximum absolute atomic E-state index is 12.7. The number of carbonyl (C=O) groups is 1. The first-order chi connectivity index (χ1) is 8.79. The lowest BCUT2D eigenvalue weighted by atomic mass is 10.2. The first-order valence-corrected chi connectivity index (χ1v) is 5.89. The number of rotatable bonds is 4. The van der Waals surface area contributed by atoms with E-state index in [0.29, 0.717) is 18.7 Å². The van der Waals surface area contributed by atoms with E-state index < -0.39 is 0 Å². The van der Waals surface area contributed by atoms with Crippen molar-refractivity contribution in [2.24, 2.45) is 0 Å². The molecule has 0 N–H and O–H groups in total. The molecule has 0 radical (unpaired) electrons. The number of hydrogen-bond donors (Lipinski definition) is 0. The van der Waals surface area contributed by atoms with Gasteiger partial charge in [0.1, 0.15) is 17.8 Å². The van der Waals surface area contributed by atoms with Crippen LogP contribution in [0.15, 0.2) is 30.5 Å². The van der Waals surface area contributed by atoms with Crippen molar-refractivity contribution in [3.05, 3.63) is 36.3 Å². The Hall–Kier alpha value is -2.04. The van der Waals surface area contributed by atoms with Crippen molar-refractivity contribution in [2.45, 2.75) is 26.8 Å². The van der Waals surface area contributed by atoms with Gasteiger partial charge < -0.3 is 4.79 Å². The molecule has 2 aromatic rings. The topological polar surface area (TPSA) is 47.8 Å². The summed E-state index contributed by atoms with van der Waals surface area (Å²) in [5.74, 6) is -0.280. The predicted molar refractivity (Wildman–Crippen MR) is 67.4 cm³/mol. The Morgan fingerprint density at radius 1 is 1.28 bits per heavy atom. The Morgan fingerprint density at radius 2 is 1.94 bits per heavy atom. The molecule has 0 unspecified atom stereocenters. The molecular formula is C13H16FN3O.